The van der Waals surface area contributed by atoms with Crippen molar-refractivity contribution >= 4 is 12.0 Å². The molecule has 1 aromatic heterocycles. The first-order valence-corrected chi connectivity index (χ1v) is 12.1. The Bertz CT molecular complexity index is 826. The maximum absolute atomic E-state index is 12.3. The van der Waals surface area contributed by atoms with Crippen LogP contribution in [0.5, 0.6) is 5.88 Å². The van der Waals surface area contributed by atoms with Crippen molar-refractivity contribution < 1.29 is 24.2 Å². The smallest absolute Gasteiger partial charge is 0.410 e. The highest BCUT2D eigenvalue weighted by Crippen LogP contribution is 2.54. The Kier molecular flexibility index (Phi) is 7.07. The van der Waals surface area contributed by atoms with Gasteiger partial charge in [-0.3, -0.25) is 4.79 Å². The van der Waals surface area contributed by atoms with Crippen LogP contribution in [0.3, 0.4) is 0 Å². The van der Waals surface area contributed by atoms with Crippen molar-refractivity contribution in [2.24, 2.45) is 11.3 Å². The van der Waals surface area contributed by atoms with Gasteiger partial charge in [0.15, 0.2) is 0 Å². The first-order chi connectivity index (χ1) is 15.8. The monoisotopic (exact) mass is 460 g/mol. The predicted molar refractivity (Wildman–Crippen MR) is 121 cm³/mol. The highest BCUT2D eigenvalue weighted by molar-refractivity contribution is 5.91. The zero-order valence-corrected chi connectivity index (χ0v) is 19.8. The molecule has 1 N–H and O–H groups in total. The Morgan fingerprint density at radius 2 is 1.91 bits per heavy atom. The van der Waals surface area contributed by atoms with Crippen molar-refractivity contribution in [1.29, 1.82) is 0 Å². The third-order valence-electron chi connectivity index (χ3n) is 7.45. The second-order valence-corrected chi connectivity index (χ2v) is 10.3. The Labute approximate surface area is 195 Å². The fourth-order valence-corrected chi connectivity index (χ4v) is 4.99. The third kappa shape index (κ3) is 5.93. The number of carbonyl (C=O) groups is 2. The van der Waals surface area contributed by atoms with Crippen LogP contribution >= 0.6 is 0 Å². The lowest BCUT2D eigenvalue weighted by Gasteiger charge is -2.52. The van der Waals surface area contributed by atoms with Gasteiger partial charge >= 0.3 is 6.09 Å². The third-order valence-corrected chi connectivity index (χ3v) is 7.45. The molecule has 2 aliphatic carbocycles. The number of hydrogen-bond donors (Lipinski definition) is 1. The lowest BCUT2D eigenvalue weighted by molar-refractivity contribution is -0.0232. The average molecular weight is 461 g/mol. The number of ether oxygens (including phenoxy) is 2. The maximum atomic E-state index is 12.3. The van der Waals surface area contributed by atoms with E-state index in [2.05, 4.69) is 9.97 Å². The number of aliphatic hydroxyl groups is 1. The highest BCUT2D eigenvalue weighted by Gasteiger charge is 2.47. The van der Waals surface area contributed by atoms with Crippen LogP contribution < -0.4 is 4.74 Å². The standard InChI is InChI=1S/C24H36N4O5/c1-23(5-6-23)33-22(31)28-9-7-24(8-10-28)14-18(15-24)4-3-13-32-20-17-25-19(16-26-20)21(30)27(2)11-12-29/h16-18,29H,3-15H2,1-2H3. The molecular weight excluding hydrogens is 424 g/mol. The summed E-state index contributed by atoms with van der Waals surface area (Å²) >= 11 is 0. The maximum Gasteiger partial charge on any atom is 0.410 e. The Morgan fingerprint density at radius 3 is 2.52 bits per heavy atom. The van der Waals surface area contributed by atoms with Crippen LogP contribution in [0.1, 0.15) is 68.8 Å². The van der Waals surface area contributed by atoms with E-state index in [0.717, 1.165) is 57.5 Å². The minimum Gasteiger partial charge on any atom is -0.477 e. The van der Waals surface area contributed by atoms with Crippen molar-refractivity contribution in [1.82, 2.24) is 19.8 Å². The van der Waals surface area contributed by atoms with E-state index < -0.39 is 0 Å². The summed E-state index contributed by atoms with van der Waals surface area (Å²) in [5, 5.41) is 8.93. The van der Waals surface area contributed by atoms with Crippen molar-refractivity contribution in [2.75, 3.05) is 39.9 Å². The zero-order valence-electron chi connectivity index (χ0n) is 19.8. The number of aliphatic hydroxyl groups excluding tert-OH is 1. The number of rotatable bonds is 9. The van der Waals surface area contributed by atoms with Gasteiger partial charge in [0, 0.05) is 26.7 Å². The fraction of sp³-hybridized carbons (Fsp3) is 0.750. The summed E-state index contributed by atoms with van der Waals surface area (Å²) in [6, 6.07) is 0. The van der Waals surface area contributed by atoms with E-state index in [4.69, 9.17) is 14.6 Å². The van der Waals surface area contributed by atoms with Gasteiger partial charge in [0.1, 0.15) is 11.3 Å². The van der Waals surface area contributed by atoms with Crippen LogP contribution in [0, 0.1) is 11.3 Å². The zero-order chi connectivity index (χ0) is 23.5. The van der Waals surface area contributed by atoms with Crippen molar-refractivity contribution in [3.8, 4) is 5.88 Å². The van der Waals surface area contributed by atoms with Gasteiger partial charge in [0.05, 0.1) is 25.6 Å². The molecule has 1 saturated heterocycles. The summed E-state index contributed by atoms with van der Waals surface area (Å²) in [6.07, 6.45) is 11.5. The quantitative estimate of drug-likeness (QED) is 0.565. The summed E-state index contributed by atoms with van der Waals surface area (Å²) < 4.78 is 11.3. The molecule has 2 saturated carbocycles. The molecule has 1 aliphatic heterocycles. The van der Waals surface area contributed by atoms with Crippen LogP contribution in [-0.2, 0) is 4.74 Å². The Hall–Kier alpha value is -2.42. The summed E-state index contributed by atoms with van der Waals surface area (Å²) in [6.45, 7) is 4.39. The molecule has 0 unspecified atom stereocenters. The first-order valence-electron chi connectivity index (χ1n) is 12.1. The lowest BCUT2D eigenvalue weighted by atomic mass is 9.56. The molecule has 0 radical (unpaired) electrons. The molecule has 1 aromatic rings. The topological polar surface area (TPSA) is 105 Å². The van der Waals surface area contributed by atoms with Gasteiger partial charge in [0.25, 0.3) is 5.91 Å². The minimum atomic E-state index is -0.276. The number of hydrogen-bond acceptors (Lipinski definition) is 7. The van der Waals surface area contributed by atoms with Crippen molar-refractivity contribution in [3.63, 3.8) is 0 Å². The van der Waals surface area contributed by atoms with Crippen LogP contribution in [0.4, 0.5) is 4.79 Å². The van der Waals surface area contributed by atoms with Crippen LogP contribution in [0.2, 0.25) is 0 Å². The summed E-state index contributed by atoms with van der Waals surface area (Å²) in [4.78, 5) is 36.0. The molecule has 3 aliphatic rings. The van der Waals surface area contributed by atoms with E-state index >= 15 is 0 Å². The molecular formula is C24H36N4O5. The largest absolute Gasteiger partial charge is 0.477 e. The number of likely N-dealkylation sites (N-methyl/N-ethyl adjacent to an activating group) is 1. The van der Waals surface area contributed by atoms with E-state index in [1.807, 2.05) is 11.8 Å². The van der Waals surface area contributed by atoms with Gasteiger partial charge in [-0.1, -0.05) is 0 Å². The van der Waals surface area contributed by atoms with E-state index in [1.165, 1.54) is 30.1 Å². The molecule has 4 rings (SSSR count). The molecule has 0 aromatic carbocycles. The number of aromatic nitrogens is 2. The molecule has 182 valence electrons. The van der Waals surface area contributed by atoms with Crippen molar-refractivity contribution in [2.45, 2.75) is 63.9 Å². The van der Waals surface area contributed by atoms with Gasteiger partial charge in [-0.25, -0.2) is 14.8 Å². The summed E-state index contributed by atoms with van der Waals surface area (Å²) in [5.74, 6) is 0.869. The van der Waals surface area contributed by atoms with Crippen molar-refractivity contribution in [3.05, 3.63) is 18.1 Å². The molecule has 1 spiro atoms. The molecule has 9 nitrogen and oxygen atoms in total. The molecule has 2 amide bonds. The van der Waals surface area contributed by atoms with Gasteiger partial charge in [-0.2, -0.15) is 0 Å². The normalized spacial score (nSPS) is 20.8. The van der Waals surface area contributed by atoms with Crippen LogP contribution in [-0.4, -0.2) is 82.4 Å². The fourth-order valence-electron chi connectivity index (χ4n) is 4.99. The number of amides is 2. The second kappa shape index (κ2) is 9.83. The molecule has 33 heavy (non-hydrogen) atoms. The first kappa shape index (κ1) is 23.7. The second-order valence-electron chi connectivity index (χ2n) is 10.3. The minimum absolute atomic E-state index is 0.0917. The van der Waals surface area contributed by atoms with E-state index in [9.17, 15) is 9.59 Å². The average Bonchev–Trinajstić information content (AvgIpc) is 3.52. The van der Waals surface area contributed by atoms with E-state index in [1.54, 1.807) is 7.05 Å². The highest BCUT2D eigenvalue weighted by atomic mass is 16.6. The molecule has 0 bridgehead atoms. The number of likely N-dealkylation sites (tertiary alicyclic amines) is 1. The Morgan fingerprint density at radius 1 is 1.18 bits per heavy atom. The molecule has 9 heteroatoms. The molecule has 0 atom stereocenters. The van der Waals surface area contributed by atoms with Gasteiger partial charge in [-0.05, 0) is 69.6 Å². The van der Waals surface area contributed by atoms with Crippen LogP contribution in [0.15, 0.2) is 12.4 Å². The Balaban J connectivity index is 1.10. The van der Waals surface area contributed by atoms with Gasteiger partial charge in [0.2, 0.25) is 5.88 Å². The molecule has 3 fully saturated rings. The summed E-state index contributed by atoms with van der Waals surface area (Å²) in [7, 11) is 1.61. The van der Waals surface area contributed by atoms with Gasteiger partial charge in [-0.15, -0.1) is 0 Å². The number of piperidine rings is 1. The predicted octanol–water partition coefficient (Wildman–Crippen LogP) is 2.88. The number of nitrogens with zero attached hydrogens (tertiary/aromatic N) is 4. The van der Waals surface area contributed by atoms with E-state index in [0.29, 0.717) is 17.9 Å². The van der Waals surface area contributed by atoms with E-state index in [-0.39, 0.29) is 36.4 Å². The lowest BCUT2D eigenvalue weighted by Crippen LogP contribution is -2.49. The number of carbonyl (C=O) groups excluding carboxylic acids is 2. The van der Waals surface area contributed by atoms with Gasteiger partial charge < -0.3 is 24.4 Å². The summed E-state index contributed by atoms with van der Waals surface area (Å²) in [5.41, 5.74) is 0.458. The molecule has 2 heterocycles. The van der Waals surface area contributed by atoms with Crippen LogP contribution in [0.25, 0.3) is 0 Å². The SMILES string of the molecule is CN(CCO)C(=O)c1cnc(OCCCC2CC3(CCN(C(=O)OC4(C)CC4)CC3)C2)cn1.